The van der Waals surface area contributed by atoms with Gasteiger partial charge >= 0.3 is 0 Å². The molecule has 0 heterocycles. The molecule has 1 fully saturated rings. The fourth-order valence-electron chi connectivity index (χ4n) is 2.46. The third kappa shape index (κ3) is 3.64. The van der Waals surface area contributed by atoms with Crippen molar-refractivity contribution in [3.05, 3.63) is 59.1 Å². The van der Waals surface area contributed by atoms with Crippen molar-refractivity contribution < 1.29 is 9.53 Å². The molecule has 0 radical (unpaired) electrons. The molecule has 0 N–H and O–H groups in total. The SMILES string of the molecule is C[C@H]1CC1C(=O)Cc1cccc(Oc2ccc(Cl)cc2)c1. The maximum atomic E-state index is 12.0. The van der Waals surface area contributed by atoms with E-state index in [0.29, 0.717) is 23.1 Å². The number of hydrogen-bond donors (Lipinski definition) is 0. The number of rotatable bonds is 5. The molecule has 2 aromatic rings. The third-order valence-corrected chi connectivity index (χ3v) is 4.10. The van der Waals surface area contributed by atoms with Crippen LogP contribution in [0, 0.1) is 11.8 Å². The molecule has 3 rings (SSSR count). The quantitative estimate of drug-likeness (QED) is 0.785. The van der Waals surface area contributed by atoms with Crippen LogP contribution in [0.4, 0.5) is 0 Å². The Balaban J connectivity index is 1.68. The molecule has 1 aliphatic carbocycles. The summed E-state index contributed by atoms with van der Waals surface area (Å²) in [7, 11) is 0. The van der Waals surface area contributed by atoms with E-state index in [1.807, 2.05) is 36.4 Å². The highest BCUT2D eigenvalue weighted by Crippen LogP contribution is 2.39. The average Bonchev–Trinajstić information content (AvgIpc) is 3.19. The first-order valence-corrected chi connectivity index (χ1v) is 7.55. The minimum Gasteiger partial charge on any atom is -0.457 e. The molecule has 0 aromatic heterocycles. The van der Waals surface area contributed by atoms with Crippen molar-refractivity contribution >= 4 is 17.4 Å². The van der Waals surface area contributed by atoms with Gasteiger partial charge in [0.2, 0.25) is 0 Å². The van der Waals surface area contributed by atoms with Gasteiger partial charge in [0.1, 0.15) is 17.3 Å². The lowest BCUT2D eigenvalue weighted by molar-refractivity contribution is -0.119. The van der Waals surface area contributed by atoms with Gasteiger partial charge < -0.3 is 4.74 Å². The number of carbonyl (C=O) groups is 1. The van der Waals surface area contributed by atoms with Crippen molar-refractivity contribution in [2.75, 3.05) is 0 Å². The van der Waals surface area contributed by atoms with Crippen molar-refractivity contribution in [2.24, 2.45) is 11.8 Å². The van der Waals surface area contributed by atoms with Crippen LogP contribution >= 0.6 is 11.6 Å². The molecule has 2 atom stereocenters. The summed E-state index contributed by atoms with van der Waals surface area (Å²) in [6.07, 6.45) is 1.53. The Hall–Kier alpha value is -1.80. The van der Waals surface area contributed by atoms with Crippen molar-refractivity contribution in [1.29, 1.82) is 0 Å². The van der Waals surface area contributed by atoms with Crippen LogP contribution < -0.4 is 4.74 Å². The van der Waals surface area contributed by atoms with Crippen molar-refractivity contribution in [3.63, 3.8) is 0 Å². The van der Waals surface area contributed by atoms with E-state index in [2.05, 4.69) is 6.92 Å². The van der Waals surface area contributed by atoms with Crippen molar-refractivity contribution in [3.8, 4) is 11.5 Å². The van der Waals surface area contributed by atoms with E-state index < -0.39 is 0 Å². The standard InChI is InChI=1S/C18H17ClO2/c1-12-9-17(12)18(20)11-13-3-2-4-16(10-13)21-15-7-5-14(19)6-8-15/h2-8,10,12,17H,9,11H2,1H3/t12-,17?/m0/s1. The van der Waals surface area contributed by atoms with Crippen LogP contribution in [0.1, 0.15) is 18.9 Å². The highest BCUT2D eigenvalue weighted by atomic mass is 35.5. The summed E-state index contributed by atoms with van der Waals surface area (Å²) >= 11 is 5.85. The number of ketones is 1. The van der Waals surface area contributed by atoms with Gasteiger partial charge in [-0.15, -0.1) is 0 Å². The molecule has 3 heteroatoms. The Kier molecular flexibility index (Phi) is 3.98. The average molecular weight is 301 g/mol. The van der Waals surface area contributed by atoms with Gasteiger partial charge in [0, 0.05) is 17.4 Å². The van der Waals surface area contributed by atoms with Crippen LogP contribution in [0.25, 0.3) is 0 Å². The summed E-state index contributed by atoms with van der Waals surface area (Å²) in [4.78, 5) is 12.0. The second-order valence-electron chi connectivity index (χ2n) is 5.67. The predicted octanol–water partition coefficient (Wildman–Crippen LogP) is 4.90. The summed E-state index contributed by atoms with van der Waals surface area (Å²) in [5.74, 6) is 2.65. The van der Waals surface area contributed by atoms with Gasteiger partial charge in [0.25, 0.3) is 0 Å². The van der Waals surface area contributed by atoms with Gasteiger partial charge in [-0.25, -0.2) is 0 Å². The third-order valence-electron chi connectivity index (χ3n) is 3.85. The lowest BCUT2D eigenvalue weighted by atomic mass is 10.1. The molecule has 21 heavy (non-hydrogen) atoms. The Bertz CT molecular complexity index is 649. The van der Waals surface area contributed by atoms with E-state index in [-0.39, 0.29) is 5.92 Å². The zero-order valence-electron chi connectivity index (χ0n) is 11.9. The van der Waals surface area contributed by atoms with Gasteiger partial charge in [0.05, 0.1) is 0 Å². The van der Waals surface area contributed by atoms with Crippen molar-refractivity contribution in [2.45, 2.75) is 19.8 Å². The Labute approximate surface area is 129 Å². The van der Waals surface area contributed by atoms with E-state index in [1.54, 1.807) is 12.1 Å². The van der Waals surface area contributed by atoms with Crippen LogP contribution in [0.5, 0.6) is 11.5 Å². The molecule has 0 amide bonds. The van der Waals surface area contributed by atoms with Crippen LogP contribution in [0.3, 0.4) is 0 Å². The van der Waals surface area contributed by atoms with Crippen LogP contribution in [0.2, 0.25) is 5.02 Å². The molecule has 0 aliphatic heterocycles. The number of halogens is 1. The Morgan fingerprint density at radius 1 is 1.19 bits per heavy atom. The summed E-state index contributed by atoms with van der Waals surface area (Å²) < 4.78 is 5.78. The molecular formula is C18H17ClO2. The number of benzene rings is 2. The fourth-order valence-corrected chi connectivity index (χ4v) is 2.59. The van der Waals surface area contributed by atoms with E-state index in [0.717, 1.165) is 23.5 Å². The predicted molar refractivity (Wildman–Crippen MR) is 84.0 cm³/mol. The molecule has 0 bridgehead atoms. The normalized spacial score (nSPS) is 20.1. The minimum absolute atomic E-state index is 0.269. The largest absolute Gasteiger partial charge is 0.457 e. The second-order valence-corrected chi connectivity index (χ2v) is 6.10. The molecule has 1 unspecified atom stereocenters. The molecule has 0 spiro atoms. The van der Waals surface area contributed by atoms with Gasteiger partial charge in [-0.1, -0.05) is 30.7 Å². The molecule has 2 aromatic carbocycles. The van der Waals surface area contributed by atoms with E-state index in [4.69, 9.17) is 16.3 Å². The van der Waals surface area contributed by atoms with Gasteiger partial charge in [-0.3, -0.25) is 4.79 Å². The van der Waals surface area contributed by atoms with E-state index in [9.17, 15) is 4.79 Å². The van der Waals surface area contributed by atoms with Gasteiger partial charge in [-0.2, -0.15) is 0 Å². The first-order chi connectivity index (χ1) is 10.1. The summed E-state index contributed by atoms with van der Waals surface area (Å²) in [5.41, 5.74) is 1.01. The van der Waals surface area contributed by atoms with Crippen LogP contribution in [0.15, 0.2) is 48.5 Å². The molecular weight excluding hydrogens is 284 g/mol. The van der Waals surface area contributed by atoms with E-state index >= 15 is 0 Å². The maximum absolute atomic E-state index is 12.0. The second kappa shape index (κ2) is 5.90. The zero-order chi connectivity index (χ0) is 14.8. The molecule has 2 nitrogen and oxygen atoms in total. The monoisotopic (exact) mass is 300 g/mol. The summed E-state index contributed by atoms with van der Waals surface area (Å²) in [6.45, 7) is 2.13. The number of ether oxygens (including phenoxy) is 1. The molecule has 0 saturated heterocycles. The highest BCUT2D eigenvalue weighted by molar-refractivity contribution is 6.30. The summed E-state index contributed by atoms with van der Waals surface area (Å²) in [6, 6.07) is 14.9. The highest BCUT2D eigenvalue weighted by Gasteiger charge is 2.38. The molecule has 1 aliphatic rings. The minimum atomic E-state index is 0.269. The Morgan fingerprint density at radius 3 is 2.57 bits per heavy atom. The fraction of sp³-hybridized carbons (Fsp3) is 0.278. The number of Topliss-reactive ketones (excluding diaryl/α,β-unsaturated/α-hetero) is 1. The molecule has 108 valence electrons. The van der Waals surface area contributed by atoms with Gasteiger partial charge in [-0.05, 0) is 54.3 Å². The zero-order valence-corrected chi connectivity index (χ0v) is 12.6. The maximum Gasteiger partial charge on any atom is 0.140 e. The number of carbonyl (C=O) groups excluding carboxylic acids is 1. The van der Waals surface area contributed by atoms with Crippen LogP contribution in [-0.2, 0) is 11.2 Å². The number of hydrogen-bond acceptors (Lipinski definition) is 2. The lowest BCUT2D eigenvalue weighted by Gasteiger charge is -2.07. The molecule has 1 saturated carbocycles. The Morgan fingerprint density at radius 2 is 1.90 bits per heavy atom. The topological polar surface area (TPSA) is 26.3 Å². The van der Waals surface area contributed by atoms with E-state index in [1.165, 1.54) is 0 Å². The smallest absolute Gasteiger partial charge is 0.140 e. The van der Waals surface area contributed by atoms with Crippen molar-refractivity contribution in [1.82, 2.24) is 0 Å². The first-order valence-electron chi connectivity index (χ1n) is 7.17. The first kappa shape index (κ1) is 14.2. The van der Waals surface area contributed by atoms with Gasteiger partial charge in [0.15, 0.2) is 0 Å². The lowest BCUT2D eigenvalue weighted by Crippen LogP contribution is -2.06. The summed E-state index contributed by atoms with van der Waals surface area (Å²) in [5, 5.41) is 0.681. The van der Waals surface area contributed by atoms with Crippen LogP contribution in [-0.4, -0.2) is 5.78 Å².